The van der Waals surface area contributed by atoms with Crippen molar-refractivity contribution >= 4 is 0 Å². The van der Waals surface area contributed by atoms with Crippen LogP contribution < -0.4 is 19.5 Å². The lowest BCUT2D eigenvalue weighted by atomic mass is 9.81. The Bertz CT molecular complexity index is 740. The van der Waals surface area contributed by atoms with E-state index in [1.54, 1.807) is 0 Å². The van der Waals surface area contributed by atoms with E-state index in [4.69, 9.17) is 18.7 Å². The maximum atomic E-state index is 5.84. The number of aromatic nitrogens is 2. The zero-order valence-corrected chi connectivity index (χ0v) is 15.1. The third kappa shape index (κ3) is 3.62. The Morgan fingerprint density at radius 1 is 1.15 bits per heavy atom. The summed E-state index contributed by atoms with van der Waals surface area (Å²) in [6.07, 6.45) is 6.65. The first-order valence-electron chi connectivity index (χ1n) is 9.33. The van der Waals surface area contributed by atoms with E-state index >= 15 is 0 Å². The van der Waals surface area contributed by atoms with Crippen LogP contribution in [0.1, 0.15) is 50.2 Å². The SMILES string of the molecule is Cc1nc(C2(NCCCOc3ccc4c(c3)OCO4)CCCCC2)no1. The van der Waals surface area contributed by atoms with Crippen LogP contribution >= 0.6 is 0 Å². The maximum absolute atomic E-state index is 5.84. The minimum absolute atomic E-state index is 0.158. The summed E-state index contributed by atoms with van der Waals surface area (Å²) < 4.78 is 21.7. The first-order valence-corrected chi connectivity index (χ1v) is 9.33. The Hall–Kier alpha value is -2.28. The maximum Gasteiger partial charge on any atom is 0.231 e. The van der Waals surface area contributed by atoms with Crippen molar-refractivity contribution in [2.45, 2.75) is 51.0 Å². The number of hydrogen-bond donors (Lipinski definition) is 1. The third-order valence-electron chi connectivity index (χ3n) is 5.06. The summed E-state index contributed by atoms with van der Waals surface area (Å²) >= 11 is 0. The summed E-state index contributed by atoms with van der Waals surface area (Å²) in [5.74, 6) is 3.74. The number of fused-ring (bicyclic) bond motifs is 1. The van der Waals surface area contributed by atoms with Crippen molar-refractivity contribution < 1.29 is 18.7 Å². The van der Waals surface area contributed by atoms with E-state index in [0.29, 0.717) is 12.5 Å². The Morgan fingerprint density at radius 2 is 2.00 bits per heavy atom. The van der Waals surface area contributed by atoms with Crippen LogP contribution in [0.15, 0.2) is 22.7 Å². The molecule has 0 radical (unpaired) electrons. The summed E-state index contributed by atoms with van der Waals surface area (Å²) in [7, 11) is 0. The van der Waals surface area contributed by atoms with Crippen molar-refractivity contribution in [2.75, 3.05) is 19.9 Å². The highest BCUT2D eigenvalue weighted by Gasteiger charge is 2.37. The van der Waals surface area contributed by atoms with E-state index in [0.717, 1.165) is 48.9 Å². The number of nitrogens with one attached hydrogen (secondary N) is 1. The Kier molecular flexibility index (Phi) is 4.97. The van der Waals surface area contributed by atoms with E-state index in [1.807, 2.05) is 25.1 Å². The van der Waals surface area contributed by atoms with Crippen molar-refractivity contribution in [2.24, 2.45) is 0 Å². The second kappa shape index (κ2) is 7.53. The molecular weight excluding hydrogens is 334 g/mol. The molecule has 1 saturated carbocycles. The van der Waals surface area contributed by atoms with Crippen LogP contribution in [0.2, 0.25) is 0 Å². The van der Waals surface area contributed by atoms with Crippen molar-refractivity contribution in [1.82, 2.24) is 15.5 Å². The molecule has 7 nitrogen and oxygen atoms in total. The number of hydrogen-bond acceptors (Lipinski definition) is 7. The lowest BCUT2D eigenvalue weighted by Gasteiger charge is -2.35. The molecule has 140 valence electrons. The predicted molar refractivity (Wildman–Crippen MR) is 94.5 cm³/mol. The molecule has 0 saturated heterocycles. The standard InChI is InChI=1S/C19H25N3O4/c1-14-21-18(22-26-14)19(8-3-2-4-9-19)20-10-5-11-23-15-6-7-16-17(12-15)25-13-24-16/h6-7,12,20H,2-5,8-11,13H2,1H3. The molecule has 1 N–H and O–H groups in total. The number of nitrogens with zero attached hydrogens (tertiary/aromatic N) is 2. The largest absolute Gasteiger partial charge is 0.493 e. The van der Waals surface area contributed by atoms with Gasteiger partial charge >= 0.3 is 0 Å². The summed E-state index contributed by atoms with van der Waals surface area (Å²) in [4.78, 5) is 4.49. The van der Waals surface area contributed by atoms with E-state index in [9.17, 15) is 0 Å². The van der Waals surface area contributed by atoms with Gasteiger partial charge in [0.25, 0.3) is 0 Å². The highest BCUT2D eigenvalue weighted by molar-refractivity contribution is 5.46. The fourth-order valence-corrected chi connectivity index (χ4v) is 3.68. The van der Waals surface area contributed by atoms with Gasteiger partial charge in [0.2, 0.25) is 12.7 Å². The van der Waals surface area contributed by atoms with Crippen LogP contribution in [0.5, 0.6) is 17.2 Å². The summed E-state index contributed by atoms with van der Waals surface area (Å²) in [6.45, 7) is 3.60. The van der Waals surface area contributed by atoms with Gasteiger partial charge in [-0.1, -0.05) is 24.4 Å². The lowest BCUT2D eigenvalue weighted by Crippen LogP contribution is -2.45. The summed E-state index contributed by atoms with van der Waals surface area (Å²) in [6, 6.07) is 5.66. The van der Waals surface area contributed by atoms with Crippen LogP contribution in [0.4, 0.5) is 0 Å². The van der Waals surface area contributed by atoms with E-state index in [-0.39, 0.29) is 12.3 Å². The van der Waals surface area contributed by atoms with E-state index < -0.39 is 0 Å². The van der Waals surface area contributed by atoms with Gasteiger partial charge in [0.05, 0.1) is 12.1 Å². The van der Waals surface area contributed by atoms with Gasteiger partial charge in [-0.25, -0.2) is 0 Å². The van der Waals surface area contributed by atoms with E-state index in [1.165, 1.54) is 19.3 Å². The van der Waals surface area contributed by atoms with Gasteiger partial charge in [-0.3, -0.25) is 0 Å². The molecule has 4 rings (SSSR count). The number of rotatable bonds is 7. The number of aryl methyl sites for hydroxylation is 1. The minimum atomic E-state index is -0.158. The van der Waals surface area contributed by atoms with Gasteiger partial charge in [-0.2, -0.15) is 4.98 Å². The molecule has 0 unspecified atom stereocenters. The molecular formula is C19H25N3O4. The van der Waals surface area contributed by atoms with E-state index in [2.05, 4.69) is 15.5 Å². The van der Waals surface area contributed by atoms with Gasteiger partial charge in [0, 0.05) is 13.0 Å². The van der Waals surface area contributed by atoms with Crippen LogP contribution in [0.3, 0.4) is 0 Å². The molecule has 7 heteroatoms. The molecule has 1 fully saturated rings. The normalized spacial score (nSPS) is 18.0. The molecule has 1 aromatic heterocycles. The fraction of sp³-hybridized carbons (Fsp3) is 0.579. The first kappa shape index (κ1) is 17.1. The smallest absolute Gasteiger partial charge is 0.231 e. The van der Waals surface area contributed by atoms with Crippen molar-refractivity contribution in [1.29, 1.82) is 0 Å². The predicted octanol–water partition coefficient (Wildman–Crippen LogP) is 3.32. The van der Waals surface area contributed by atoms with Crippen molar-refractivity contribution in [3.63, 3.8) is 0 Å². The fourth-order valence-electron chi connectivity index (χ4n) is 3.68. The Morgan fingerprint density at radius 3 is 2.81 bits per heavy atom. The first-order chi connectivity index (χ1) is 12.8. The lowest BCUT2D eigenvalue weighted by molar-refractivity contribution is 0.173. The zero-order valence-electron chi connectivity index (χ0n) is 15.1. The van der Waals surface area contributed by atoms with Crippen LogP contribution in [-0.4, -0.2) is 30.1 Å². The number of benzene rings is 1. The monoisotopic (exact) mass is 359 g/mol. The topological polar surface area (TPSA) is 78.6 Å². The molecule has 0 bridgehead atoms. The average molecular weight is 359 g/mol. The summed E-state index contributed by atoms with van der Waals surface area (Å²) in [5.41, 5.74) is -0.158. The van der Waals surface area contributed by atoms with Crippen molar-refractivity contribution in [3.8, 4) is 17.2 Å². The Balaban J connectivity index is 1.28. The van der Waals surface area contributed by atoms with Gasteiger partial charge in [-0.05, 0) is 37.9 Å². The molecule has 1 aromatic carbocycles. The molecule has 0 atom stereocenters. The average Bonchev–Trinajstić information content (AvgIpc) is 3.31. The quantitative estimate of drug-likeness (QED) is 0.760. The van der Waals surface area contributed by atoms with Gasteiger partial charge < -0.3 is 24.1 Å². The molecule has 2 aliphatic rings. The van der Waals surface area contributed by atoms with Crippen molar-refractivity contribution in [3.05, 3.63) is 29.9 Å². The molecule has 26 heavy (non-hydrogen) atoms. The third-order valence-corrected chi connectivity index (χ3v) is 5.06. The molecule has 2 heterocycles. The van der Waals surface area contributed by atoms with Crippen LogP contribution in [0.25, 0.3) is 0 Å². The molecule has 1 aliphatic carbocycles. The van der Waals surface area contributed by atoms with Crippen LogP contribution in [-0.2, 0) is 5.54 Å². The second-order valence-corrected chi connectivity index (χ2v) is 6.92. The number of ether oxygens (including phenoxy) is 3. The van der Waals surface area contributed by atoms with Gasteiger partial charge in [0.15, 0.2) is 17.3 Å². The second-order valence-electron chi connectivity index (χ2n) is 6.92. The molecule has 1 aliphatic heterocycles. The molecule has 0 amide bonds. The van der Waals surface area contributed by atoms with Gasteiger partial charge in [-0.15, -0.1) is 0 Å². The minimum Gasteiger partial charge on any atom is -0.493 e. The van der Waals surface area contributed by atoms with Gasteiger partial charge in [0.1, 0.15) is 5.75 Å². The summed E-state index contributed by atoms with van der Waals surface area (Å²) in [5, 5.41) is 7.87. The highest BCUT2D eigenvalue weighted by Crippen LogP contribution is 2.36. The molecule has 0 spiro atoms. The Labute approximate surface area is 153 Å². The zero-order chi connectivity index (χ0) is 17.8. The van der Waals surface area contributed by atoms with Crippen LogP contribution in [0, 0.1) is 6.92 Å². The molecule has 2 aromatic rings. The highest BCUT2D eigenvalue weighted by atomic mass is 16.7.